The molecule has 1 aromatic heterocycles. The van der Waals surface area contributed by atoms with Crippen molar-refractivity contribution in [2.45, 2.75) is 26.3 Å². The molecule has 0 aromatic carbocycles. The van der Waals surface area contributed by atoms with E-state index < -0.39 is 0 Å². The number of nitrogens with zero attached hydrogens (tertiary/aromatic N) is 3. The van der Waals surface area contributed by atoms with Gasteiger partial charge in [0.25, 0.3) is 0 Å². The van der Waals surface area contributed by atoms with Crippen molar-refractivity contribution in [2.24, 2.45) is 0 Å². The zero-order valence-electron chi connectivity index (χ0n) is 10.1. The number of rotatable bonds is 1. The molecule has 0 amide bonds. The van der Waals surface area contributed by atoms with Crippen LogP contribution in [0, 0.1) is 25.2 Å². The Morgan fingerprint density at radius 2 is 2.12 bits per heavy atom. The zero-order valence-corrected chi connectivity index (χ0v) is 10.1. The van der Waals surface area contributed by atoms with Crippen molar-refractivity contribution < 1.29 is 0 Å². The third kappa shape index (κ3) is 1.48. The minimum absolute atomic E-state index is 0.422. The SMILES string of the molecule is Cc1c(C#N)c(N)n(C2CCN(C)C2)c1C. The summed E-state index contributed by atoms with van der Waals surface area (Å²) in [5.74, 6) is 0.637. The summed E-state index contributed by atoms with van der Waals surface area (Å²) >= 11 is 0. The van der Waals surface area contributed by atoms with E-state index in [1.165, 1.54) is 0 Å². The van der Waals surface area contributed by atoms with Crippen molar-refractivity contribution in [1.29, 1.82) is 5.26 Å². The highest BCUT2D eigenvalue weighted by molar-refractivity contribution is 5.58. The van der Waals surface area contributed by atoms with Gasteiger partial charge in [-0.15, -0.1) is 0 Å². The molecule has 2 heterocycles. The number of hydrogen-bond donors (Lipinski definition) is 1. The quantitative estimate of drug-likeness (QED) is 0.776. The molecule has 2 rings (SSSR count). The zero-order chi connectivity index (χ0) is 11.9. The number of nitrogen functional groups attached to an aromatic ring is 1. The van der Waals surface area contributed by atoms with Gasteiger partial charge in [-0.3, -0.25) is 0 Å². The third-order valence-electron chi connectivity index (χ3n) is 3.64. The molecular formula is C12H18N4. The first-order chi connectivity index (χ1) is 7.56. The average Bonchev–Trinajstić information content (AvgIpc) is 2.73. The Bertz CT molecular complexity index is 453. The summed E-state index contributed by atoms with van der Waals surface area (Å²) in [6.07, 6.45) is 1.11. The van der Waals surface area contributed by atoms with Crippen LogP contribution in [0.5, 0.6) is 0 Å². The largest absolute Gasteiger partial charge is 0.384 e. The number of anilines is 1. The highest BCUT2D eigenvalue weighted by Gasteiger charge is 2.26. The van der Waals surface area contributed by atoms with E-state index in [1.807, 2.05) is 13.8 Å². The molecular weight excluding hydrogens is 200 g/mol. The fourth-order valence-corrected chi connectivity index (χ4v) is 2.59. The number of likely N-dealkylation sites (tertiary alicyclic amines) is 1. The molecule has 0 aliphatic carbocycles. The van der Waals surface area contributed by atoms with E-state index >= 15 is 0 Å². The molecule has 1 fully saturated rings. The summed E-state index contributed by atoms with van der Waals surface area (Å²) in [6, 6.07) is 2.62. The molecule has 4 nitrogen and oxygen atoms in total. The van der Waals surface area contributed by atoms with Crippen LogP contribution in [0.15, 0.2) is 0 Å². The molecule has 0 saturated carbocycles. The van der Waals surface area contributed by atoms with Crippen LogP contribution >= 0.6 is 0 Å². The molecule has 16 heavy (non-hydrogen) atoms. The van der Waals surface area contributed by atoms with Crippen molar-refractivity contribution in [3.05, 3.63) is 16.8 Å². The van der Waals surface area contributed by atoms with Crippen molar-refractivity contribution >= 4 is 5.82 Å². The Morgan fingerprint density at radius 1 is 1.44 bits per heavy atom. The maximum atomic E-state index is 9.08. The molecule has 4 heteroatoms. The second-order valence-corrected chi connectivity index (χ2v) is 4.66. The number of nitrogens with two attached hydrogens (primary N) is 1. The predicted molar refractivity (Wildman–Crippen MR) is 64.2 cm³/mol. The molecule has 0 bridgehead atoms. The highest BCUT2D eigenvalue weighted by Crippen LogP contribution is 2.31. The van der Waals surface area contributed by atoms with Gasteiger partial charge in [0.05, 0.1) is 5.56 Å². The molecule has 1 aliphatic heterocycles. The van der Waals surface area contributed by atoms with Crippen molar-refractivity contribution in [1.82, 2.24) is 9.47 Å². The number of nitriles is 1. The van der Waals surface area contributed by atoms with Gasteiger partial charge in [0.15, 0.2) is 0 Å². The minimum atomic E-state index is 0.422. The van der Waals surface area contributed by atoms with E-state index in [9.17, 15) is 0 Å². The van der Waals surface area contributed by atoms with Crippen LogP contribution in [0.3, 0.4) is 0 Å². The molecule has 0 radical (unpaired) electrons. The summed E-state index contributed by atoms with van der Waals surface area (Å²) in [7, 11) is 2.12. The minimum Gasteiger partial charge on any atom is -0.384 e. The lowest BCUT2D eigenvalue weighted by molar-refractivity contribution is 0.392. The van der Waals surface area contributed by atoms with Gasteiger partial charge in [-0.25, -0.2) is 0 Å². The molecule has 1 aromatic rings. The highest BCUT2D eigenvalue weighted by atomic mass is 15.2. The summed E-state index contributed by atoms with van der Waals surface area (Å²) in [5.41, 5.74) is 8.86. The van der Waals surface area contributed by atoms with Crippen molar-refractivity contribution in [2.75, 3.05) is 25.9 Å². The van der Waals surface area contributed by atoms with Crippen LogP contribution < -0.4 is 5.73 Å². The maximum Gasteiger partial charge on any atom is 0.122 e. The van der Waals surface area contributed by atoms with Crippen molar-refractivity contribution in [3.63, 3.8) is 0 Å². The van der Waals surface area contributed by atoms with Crippen LogP contribution in [-0.4, -0.2) is 29.6 Å². The second kappa shape index (κ2) is 3.84. The van der Waals surface area contributed by atoms with E-state index in [1.54, 1.807) is 0 Å². The van der Waals surface area contributed by atoms with Gasteiger partial charge in [-0.2, -0.15) is 5.26 Å². The summed E-state index contributed by atoms with van der Waals surface area (Å²) < 4.78 is 2.14. The van der Waals surface area contributed by atoms with E-state index in [0.717, 1.165) is 30.8 Å². The number of aromatic nitrogens is 1. The lowest BCUT2D eigenvalue weighted by atomic mass is 10.2. The van der Waals surface area contributed by atoms with E-state index in [4.69, 9.17) is 11.0 Å². The van der Waals surface area contributed by atoms with Crippen LogP contribution in [-0.2, 0) is 0 Å². The third-order valence-corrected chi connectivity index (χ3v) is 3.64. The van der Waals surface area contributed by atoms with Gasteiger partial charge in [-0.1, -0.05) is 0 Å². The first-order valence-corrected chi connectivity index (χ1v) is 5.61. The molecule has 1 saturated heterocycles. The van der Waals surface area contributed by atoms with Gasteiger partial charge in [0.2, 0.25) is 0 Å². The average molecular weight is 218 g/mol. The summed E-state index contributed by atoms with van der Waals surface area (Å²) in [5, 5.41) is 9.08. The normalized spacial score (nSPS) is 21.2. The molecule has 1 aliphatic rings. The van der Waals surface area contributed by atoms with Crippen LogP contribution in [0.1, 0.15) is 29.3 Å². The fraction of sp³-hybridized carbons (Fsp3) is 0.583. The summed E-state index contributed by atoms with van der Waals surface area (Å²) in [4.78, 5) is 2.30. The maximum absolute atomic E-state index is 9.08. The first kappa shape index (κ1) is 11.0. The molecule has 1 unspecified atom stereocenters. The molecule has 86 valence electrons. The lowest BCUT2D eigenvalue weighted by Crippen LogP contribution is -2.18. The molecule has 0 spiro atoms. The topological polar surface area (TPSA) is 58.0 Å². The van der Waals surface area contributed by atoms with Crippen LogP contribution in [0.2, 0.25) is 0 Å². The lowest BCUT2D eigenvalue weighted by Gasteiger charge is -2.17. The molecule has 1 atom stereocenters. The molecule has 2 N–H and O–H groups in total. The monoisotopic (exact) mass is 218 g/mol. The Balaban J connectivity index is 2.46. The van der Waals surface area contributed by atoms with Gasteiger partial charge in [-0.05, 0) is 39.4 Å². The van der Waals surface area contributed by atoms with Gasteiger partial charge in [0, 0.05) is 18.3 Å². The van der Waals surface area contributed by atoms with Gasteiger partial charge >= 0.3 is 0 Å². The van der Waals surface area contributed by atoms with Gasteiger partial charge < -0.3 is 15.2 Å². The standard InChI is InChI=1S/C12H18N4/c1-8-9(2)16(12(14)11(8)6-13)10-4-5-15(3)7-10/h10H,4-5,7,14H2,1-3H3. The smallest absolute Gasteiger partial charge is 0.122 e. The first-order valence-electron chi connectivity index (χ1n) is 5.61. The van der Waals surface area contributed by atoms with Crippen LogP contribution in [0.4, 0.5) is 5.82 Å². The van der Waals surface area contributed by atoms with E-state index in [0.29, 0.717) is 17.4 Å². The van der Waals surface area contributed by atoms with Crippen LogP contribution in [0.25, 0.3) is 0 Å². The Morgan fingerprint density at radius 3 is 2.56 bits per heavy atom. The Hall–Kier alpha value is -1.47. The van der Waals surface area contributed by atoms with Gasteiger partial charge in [0.1, 0.15) is 11.9 Å². The second-order valence-electron chi connectivity index (χ2n) is 4.66. The van der Waals surface area contributed by atoms with E-state index in [-0.39, 0.29) is 0 Å². The number of hydrogen-bond acceptors (Lipinski definition) is 3. The number of likely N-dealkylation sites (N-methyl/N-ethyl adjacent to an activating group) is 1. The van der Waals surface area contributed by atoms with Crippen molar-refractivity contribution in [3.8, 4) is 6.07 Å². The Kier molecular flexibility index (Phi) is 2.64. The fourth-order valence-electron chi connectivity index (χ4n) is 2.59. The predicted octanol–water partition coefficient (Wildman–Crippen LogP) is 1.44. The Labute approximate surface area is 96.3 Å². The summed E-state index contributed by atoms with van der Waals surface area (Å²) in [6.45, 7) is 6.14. The van der Waals surface area contributed by atoms with E-state index in [2.05, 4.69) is 22.6 Å².